The summed E-state index contributed by atoms with van der Waals surface area (Å²) in [6.45, 7) is 5.41. The number of hydrogen-bond acceptors (Lipinski definition) is 6. The van der Waals surface area contributed by atoms with Gasteiger partial charge in [-0.1, -0.05) is 6.92 Å². The SMILES string of the molecule is C[C@@H](O)[C@H]1C(=O)N2C(C(=O)O)=C(SC3CN(C4CCC(N=C(N)N)CC4)C3)[C@H](C)[C@H]12. The van der Waals surface area contributed by atoms with Crippen LogP contribution in [0.15, 0.2) is 15.6 Å². The highest BCUT2D eigenvalue weighted by atomic mass is 32.2. The van der Waals surface area contributed by atoms with Gasteiger partial charge in [-0.05, 0) is 32.6 Å². The third kappa shape index (κ3) is 3.58. The summed E-state index contributed by atoms with van der Waals surface area (Å²) in [4.78, 5) is 33.3. The predicted molar refractivity (Wildman–Crippen MR) is 114 cm³/mol. The van der Waals surface area contributed by atoms with Crippen molar-refractivity contribution in [3.63, 3.8) is 0 Å². The Labute approximate surface area is 180 Å². The average molecular weight is 438 g/mol. The molecule has 0 aromatic heterocycles. The number of aliphatic hydroxyl groups is 1. The zero-order valence-electron chi connectivity index (χ0n) is 17.4. The van der Waals surface area contributed by atoms with Crippen molar-refractivity contribution in [2.45, 2.75) is 69.0 Å². The third-order valence-corrected chi connectivity index (χ3v) is 8.45. The van der Waals surface area contributed by atoms with Crippen molar-refractivity contribution >= 4 is 29.6 Å². The van der Waals surface area contributed by atoms with Gasteiger partial charge in [-0.3, -0.25) is 14.7 Å². The Morgan fingerprint density at radius 3 is 2.40 bits per heavy atom. The molecule has 166 valence electrons. The lowest BCUT2D eigenvalue weighted by atomic mass is 9.79. The highest BCUT2D eigenvalue weighted by molar-refractivity contribution is 8.03. The summed E-state index contributed by atoms with van der Waals surface area (Å²) >= 11 is 1.61. The first kappa shape index (κ1) is 21.5. The van der Waals surface area contributed by atoms with E-state index in [4.69, 9.17) is 11.5 Å². The number of fused-ring (bicyclic) bond motifs is 1. The van der Waals surface area contributed by atoms with Gasteiger partial charge in [0.05, 0.1) is 24.1 Å². The van der Waals surface area contributed by atoms with Crippen LogP contribution in [0.3, 0.4) is 0 Å². The van der Waals surface area contributed by atoms with E-state index in [2.05, 4.69) is 9.89 Å². The summed E-state index contributed by atoms with van der Waals surface area (Å²) in [6.07, 6.45) is 3.34. The first-order valence-corrected chi connectivity index (χ1v) is 11.5. The number of rotatable bonds is 6. The van der Waals surface area contributed by atoms with E-state index in [0.717, 1.165) is 43.7 Å². The molecule has 0 bridgehead atoms. The summed E-state index contributed by atoms with van der Waals surface area (Å²) in [7, 11) is 0. The first-order valence-electron chi connectivity index (χ1n) is 10.7. The van der Waals surface area contributed by atoms with Gasteiger partial charge in [0, 0.05) is 35.2 Å². The molecule has 1 saturated carbocycles. The number of nitrogens with zero attached hydrogens (tertiary/aromatic N) is 3. The number of carbonyl (C=O) groups is 2. The van der Waals surface area contributed by atoms with Crippen molar-refractivity contribution in [1.82, 2.24) is 9.80 Å². The molecule has 3 aliphatic heterocycles. The zero-order chi connectivity index (χ0) is 21.7. The van der Waals surface area contributed by atoms with Gasteiger partial charge in [0.15, 0.2) is 5.96 Å². The Bertz CT molecular complexity index is 782. The molecule has 9 nitrogen and oxygen atoms in total. The van der Waals surface area contributed by atoms with Crippen LogP contribution in [0.4, 0.5) is 0 Å². The predicted octanol–water partition coefficient (Wildman–Crippen LogP) is 0.142. The Kier molecular flexibility index (Phi) is 5.75. The maximum Gasteiger partial charge on any atom is 0.353 e. The number of hydrogen-bond donors (Lipinski definition) is 4. The first-order chi connectivity index (χ1) is 14.2. The number of thioether (sulfide) groups is 1. The number of β-lactam (4-membered cyclic amide) rings is 1. The van der Waals surface area contributed by atoms with Gasteiger partial charge in [-0.2, -0.15) is 0 Å². The standard InChI is InChI=1S/C20H31N5O4S/c1-9-15-14(10(2)26)18(27)25(15)16(19(28)29)17(9)30-13-7-24(8-13)12-5-3-11(4-6-12)23-20(21)22/h9-15,26H,3-8H2,1-2H3,(H,28,29)(H4,21,22,23)/t9-,10-,11?,12?,14-,15-/m1/s1. The van der Waals surface area contributed by atoms with Crippen molar-refractivity contribution in [2.24, 2.45) is 28.3 Å². The number of guanidine groups is 1. The maximum absolute atomic E-state index is 12.4. The second kappa shape index (κ2) is 8.05. The van der Waals surface area contributed by atoms with Crippen LogP contribution in [0.25, 0.3) is 0 Å². The average Bonchev–Trinajstić information content (AvgIpc) is 2.87. The van der Waals surface area contributed by atoms with E-state index in [-0.39, 0.29) is 35.6 Å². The van der Waals surface area contributed by atoms with Crippen LogP contribution in [0, 0.1) is 11.8 Å². The van der Waals surface area contributed by atoms with Crippen molar-refractivity contribution in [2.75, 3.05) is 13.1 Å². The minimum Gasteiger partial charge on any atom is -0.477 e. The Morgan fingerprint density at radius 1 is 1.23 bits per heavy atom. The lowest BCUT2D eigenvalue weighted by molar-refractivity contribution is -0.163. The molecule has 0 aromatic carbocycles. The van der Waals surface area contributed by atoms with Gasteiger partial charge in [0.25, 0.3) is 0 Å². The van der Waals surface area contributed by atoms with E-state index >= 15 is 0 Å². The quantitative estimate of drug-likeness (QED) is 0.261. The minimum absolute atomic E-state index is 0.0672. The number of aliphatic imine (C=N–C) groups is 1. The lowest BCUT2D eigenvalue weighted by Crippen LogP contribution is -2.63. The second-order valence-corrected chi connectivity index (χ2v) is 10.3. The number of carboxylic acid groups (broad SMARTS) is 1. The molecule has 2 saturated heterocycles. The van der Waals surface area contributed by atoms with Crippen molar-refractivity contribution < 1.29 is 19.8 Å². The number of likely N-dealkylation sites (tertiary alicyclic amines) is 1. The minimum atomic E-state index is -1.06. The lowest BCUT2D eigenvalue weighted by Gasteiger charge is -2.47. The molecule has 10 heteroatoms. The van der Waals surface area contributed by atoms with Crippen molar-refractivity contribution in [1.29, 1.82) is 0 Å². The summed E-state index contributed by atoms with van der Waals surface area (Å²) < 4.78 is 0. The molecule has 30 heavy (non-hydrogen) atoms. The fraction of sp³-hybridized carbons (Fsp3) is 0.750. The molecule has 4 rings (SSSR count). The van der Waals surface area contributed by atoms with Gasteiger partial charge in [-0.15, -0.1) is 11.8 Å². The molecular formula is C20H31N5O4S. The molecule has 0 spiro atoms. The fourth-order valence-electron chi connectivity index (χ4n) is 5.46. The van der Waals surface area contributed by atoms with Crippen molar-refractivity contribution in [3.8, 4) is 0 Å². The van der Waals surface area contributed by atoms with E-state index in [0.29, 0.717) is 11.3 Å². The van der Waals surface area contributed by atoms with E-state index < -0.39 is 18.0 Å². The van der Waals surface area contributed by atoms with Crippen LogP contribution in [0.5, 0.6) is 0 Å². The van der Waals surface area contributed by atoms with Gasteiger partial charge in [-0.25, -0.2) is 4.79 Å². The van der Waals surface area contributed by atoms with E-state index in [1.54, 1.807) is 18.7 Å². The Balaban J connectivity index is 1.35. The van der Waals surface area contributed by atoms with E-state index in [1.807, 2.05) is 6.92 Å². The summed E-state index contributed by atoms with van der Waals surface area (Å²) in [5.41, 5.74) is 11.1. The number of aliphatic hydroxyl groups excluding tert-OH is 1. The molecule has 3 heterocycles. The highest BCUT2D eigenvalue weighted by Gasteiger charge is 2.60. The topological polar surface area (TPSA) is 145 Å². The molecule has 1 amide bonds. The molecule has 0 aromatic rings. The largest absolute Gasteiger partial charge is 0.477 e. The van der Waals surface area contributed by atoms with Gasteiger partial charge in [0.2, 0.25) is 5.91 Å². The van der Waals surface area contributed by atoms with Crippen LogP contribution < -0.4 is 11.5 Å². The zero-order valence-corrected chi connectivity index (χ0v) is 18.2. The fourth-order valence-corrected chi connectivity index (χ4v) is 7.01. The van der Waals surface area contributed by atoms with Crippen LogP contribution in [0.2, 0.25) is 0 Å². The van der Waals surface area contributed by atoms with Crippen LogP contribution in [0.1, 0.15) is 39.5 Å². The third-order valence-electron chi connectivity index (χ3n) is 7.00. The van der Waals surface area contributed by atoms with Crippen molar-refractivity contribution in [3.05, 3.63) is 10.6 Å². The van der Waals surface area contributed by atoms with Gasteiger partial charge in [0.1, 0.15) is 5.70 Å². The molecule has 6 N–H and O–H groups in total. The molecular weight excluding hydrogens is 406 g/mol. The number of carboxylic acids is 1. The molecule has 3 fully saturated rings. The molecule has 0 radical (unpaired) electrons. The van der Waals surface area contributed by atoms with Crippen LogP contribution in [-0.2, 0) is 9.59 Å². The molecule has 0 unspecified atom stereocenters. The van der Waals surface area contributed by atoms with Crippen LogP contribution in [-0.4, -0.2) is 80.4 Å². The number of nitrogens with two attached hydrogens (primary N) is 2. The highest BCUT2D eigenvalue weighted by Crippen LogP contribution is 2.52. The maximum atomic E-state index is 12.4. The van der Waals surface area contributed by atoms with Crippen LogP contribution >= 0.6 is 11.8 Å². The Hall–Kier alpha value is -1.78. The molecule has 4 aliphatic rings. The van der Waals surface area contributed by atoms with E-state index in [1.165, 1.54) is 4.90 Å². The normalized spacial score (nSPS) is 35.5. The monoisotopic (exact) mass is 437 g/mol. The Morgan fingerprint density at radius 2 is 1.87 bits per heavy atom. The van der Waals surface area contributed by atoms with Gasteiger partial charge >= 0.3 is 5.97 Å². The molecule has 1 aliphatic carbocycles. The summed E-state index contributed by atoms with van der Waals surface area (Å²) in [5, 5.41) is 20.0. The summed E-state index contributed by atoms with van der Waals surface area (Å²) in [6, 6.07) is 0.514. The van der Waals surface area contributed by atoms with Gasteiger partial charge < -0.3 is 26.6 Å². The number of amides is 1. The number of carbonyl (C=O) groups excluding carboxylic acids is 1. The number of aliphatic carboxylic acids is 1. The smallest absolute Gasteiger partial charge is 0.353 e. The summed E-state index contributed by atoms with van der Waals surface area (Å²) in [5.74, 6) is -1.75. The second-order valence-electron chi connectivity index (χ2n) is 8.98. The molecule has 4 atom stereocenters. The van der Waals surface area contributed by atoms with E-state index in [9.17, 15) is 19.8 Å².